The molecule has 0 unspecified atom stereocenters. The highest BCUT2D eigenvalue weighted by molar-refractivity contribution is 5.86. The number of oxazole rings is 1. The number of aryl methyl sites for hydroxylation is 2. The van der Waals surface area contributed by atoms with Gasteiger partial charge in [-0.2, -0.15) is 0 Å². The number of benzene rings is 1. The third-order valence-corrected chi connectivity index (χ3v) is 3.42. The van der Waals surface area contributed by atoms with Crippen LogP contribution in [-0.4, -0.2) is 16.1 Å². The summed E-state index contributed by atoms with van der Waals surface area (Å²) in [5.74, 6) is -0.367. The second-order valence-electron chi connectivity index (χ2n) is 5.13. The lowest BCUT2D eigenvalue weighted by molar-refractivity contribution is 0.0661. The van der Waals surface area contributed by atoms with Crippen LogP contribution in [0.2, 0.25) is 0 Å². The lowest BCUT2D eigenvalue weighted by Gasteiger charge is -2.02. The molecule has 4 heteroatoms. The Kier molecular flexibility index (Phi) is 2.66. The van der Waals surface area contributed by atoms with Gasteiger partial charge in [-0.1, -0.05) is 17.7 Å². The van der Waals surface area contributed by atoms with Gasteiger partial charge in [0.1, 0.15) is 0 Å². The molecule has 3 rings (SSSR count). The summed E-state index contributed by atoms with van der Waals surface area (Å²) in [5, 5.41) is 9.18. The zero-order valence-electron chi connectivity index (χ0n) is 10.9. The Morgan fingerprint density at radius 2 is 2.11 bits per heavy atom. The Labute approximate surface area is 111 Å². The molecule has 0 amide bonds. The van der Waals surface area contributed by atoms with Crippen molar-refractivity contribution >= 4 is 5.97 Å². The van der Waals surface area contributed by atoms with E-state index in [0.29, 0.717) is 11.6 Å². The van der Waals surface area contributed by atoms with Crippen molar-refractivity contribution in [3.05, 3.63) is 40.8 Å². The molecule has 0 bridgehead atoms. The van der Waals surface area contributed by atoms with E-state index in [1.807, 2.05) is 32.0 Å². The summed E-state index contributed by atoms with van der Waals surface area (Å²) in [5.41, 5.74) is 3.66. The maximum absolute atomic E-state index is 11.2. The van der Waals surface area contributed by atoms with Crippen molar-refractivity contribution in [1.82, 2.24) is 4.98 Å². The summed E-state index contributed by atoms with van der Waals surface area (Å²) in [7, 11) is 0. The van der Waals surface area contributed by atoms with Gasteiger partial charge in [-0.05, 0) is 38.3 Å². The van der Waals surface area contributed by atoms with Crippen molar-refractivity contribution in [3.63, 3.8) is 0 Å². The number of carbonyl (C=O) groups is 1. The molecule has 1 aromatic heterocycles. The third-order valence-electron chi connectivity index (χ3n) is 3.42. The summed E-state index contributed by atoms with van der Waals surface area (Å²) >= 11 is 0. The number of nitrogens with zero attached hydrogens (tertiary/aromatic N) is 1. The second-order valence-corrected chi connectivity index (χ2v) is 5.13. The predicted octanol–water partition coefficient (Wildman–Crippen LogP) is 3.53. The van der Waals surface area contributed by atoms with E-state index in [2.05, 4.69) is 4.98 Å². The molecule has 1 N–H and O–H groups in total. The Bertz CT molecular complexity index is 653. The lowest BCUT2D eigenvalue weighted by atomic mass is 10.1. The number of carboxylic acids is 1. The van der Waals surface area contributed by atoms with Gasteiger partial charge in [0.15, 0.2) is 0 Å². The van der Waals surface area contributed by atoms with E-state index in [9.17, 15) is 9.90 Å². The molecule has 98 valence electrons. The standard InChI is InChI=1S/C15H15NO3/c1-8-3-6-11(9(2)7-8)14-16-12(10-4-5-10)13(19-14)15(17)18/h3,6-7,10H,4-5H2,1-2H3,(H,17,18). The number of aromatic nitrogens is 1. The minimum atomic E-state index is -1.04. The van der Waals surface area contributed by atoms with Gasteiger partial charge in [-0.3, -0.25) is 0 Å². The average molecular weight is 257 g/mol. The number of carboxylic acid groups (broad SMARTS) is 1. The van der Waals surface area contributed by atoms with E-state index < -0.39 is 5.97 Å². The maximum Gasteiger partial charge on any atom is 0.373 e. The third kappa shape index (κ3) is 2.14. The molecular weight excluding hydrogens is 242 g/mol. The van der Waals surface area contributed by atoms with Gasteiger partial charge >= 0.3 is 5.97 Å². The van der Waals surface area contributed by atoms with Gasteiger partial charge < -0.3 is 9.52 Å². The van der Waals surface area contributed by atoms with Crippen molar-refractivity contribution in [2.24, 2.45) is 0 Å². The van der Waals surface area contributed by atoms with Gasteiger partial charge in [0.2, 0.25) is 11.7 Å². The van der Waals surface area contributed by atoms with Gasteiger partial charge in [0.25, 0.3) is 0 Å². The molecule has 1 aliphatic carbocycles. The summed E-state index contributed by atoms with van der Waals surface area (Å²) in [6, 6.07) is 5.94. The summed E-state index contributed by atoms with van der Waals surface area (Å²) in [4.78, 5) is 15.6. The van der Waals surface area contributed by atoms with Crippen LogP contribution in [0.4, 0.5) is 0 Å². The molecule has 1 aliphatic rings. The van der Waals surface area contributed by atoms with Crippen LogP contribution < -0.4 is 0 Å². The van der Waals surface area contributed by atoms with Crippen LogP contribution in [0.1, 0.15) is 46.1 Å². The van der Waals surface area contributed by atoms with Crippen molar-refractivity contribution in [2.45, 2.75) is 32.6 Å². The number of rotatable bonds is 3. The molecule has 0 atom stereocenters. The number of hydrogen-bond donors (Lipinski definition) is 1. The molecule has 4 nitrogen and oxygen atoms in total. The van der Waals surface area contributed by atoms with Crippen LogP contribution in [0.25, 0.3) is 11.5 Å². The van der Waals surface area contributed by atoms with Gasteiger partial charge in [0, 0.05) is 11.5 Å². The minimum Gasteiger partial charge on any atom is -0.475 e. The zero-order valence-corrected chi connectivity index (χ0v) is 10.9. The highest BCUT2D eigenvalue weighted by atomic mass is 16.4. The summed E-state index contributed by atoms with van der Waals surface area (Å²) in [6.45, 7) is 3.99. The molecule has 0 spiro atoms. The first-order valence-corrected chi connectivity index (χ1v) is 6.38. The average Bonchev–Trinajstić information content (AvgIpc) is 3.09. The van der Waals surface area contributed by atoms with Crippen molar-refractivity contribution < 1.29 is 14.3 Å². The van der Waals surface area contributed by atoms with E-state index in [0.717, 1.165) is 29.5 Å². The lowest BCUT2D eigenvalue weighted by Crippen LogP contribution is -1.98. The molecule has 19 heavy (non-hydrogen) atoms. The maximum atomic E-state index is 11.2. The normalized spacial score (nSPS) is 14.6. The van der Waals surface area contributed by atoms with E-state index >= 15 is 0 Å². The smallest absolute Gasteiger partial charge is 0.373 e. The van der Waals surface area contributed by atoms with Gasteiger partial charge in [0.05, 0.1) is 5.69 Å². The topological polar surface area (TPSA) is 63.3 Å². The van der Waals surface area contributed by atoms with E-state index in [4.69, 9.17) is 4.42 Å². The second kappa shape index (κ2) is 4.23. The van der Waals surface area contributed by atoms with Crippen molar-refractivity contribution in [1.29, 1.82) is 0 Å². The Balaban J connectivity index is 2.10. The summed E-state index contributed by atoms with van der Waals surface area (Å²) in [6.07, 6.45) is 2.00. The minimum absolute atomic E-state index is 0.00234. The van der Waals surface area contributed by atoms with Gasteiger partial charge in [-0.15, -0.1) is 0 Å². The molecule has 0 aliphatic heterocycles. The molecule has 0 saturated heterocycles. The molecular formula is C15H15NO3. The first kappa shape index (κ1) is 12.0. The van der Waals surface area contributed by atoms with Crippen molar-refractivity contribution in [3.8, 4) is 11.5 Å². The van der Waals surface area contributed by atoms with E-state index in [1.54, 1.807) is 0 Å². The fraction of sp³-hybridized carbons (Fsp3) is 0.333. The Morgan fingerprint density at radius 3 is 2.68 bits per heavy atom. The van der Waals surface area contributed by atoms with Crippen LogP contribution in [0, 0.1) is 13.8 Å². The van der Waals surface area contributed by atoms with Crippen molar-refractivity contribution in [2.75, 3.05) is 0 Å². The fourth-order valence-corrected chi connectivity index (χ4v) is 2.29. The monoisotopic (exact) mass is 257 g/mol. The summed E-state index contributed by atoms with van der Waals surface area (Å²) < 4.78 is 5.47. The predicted molar refractivity (Wildman–Crippen MR) is 70.3 cm³/mol. The Morgan fingerprint density at radius 1 is 1.37 bits per heavy atom. The number of hydrogen-bond acceptors (Lipinski definition) is 3. The number of aromatic carboxylic acids is 1. The highest BCUT2D eigenvalue weighted by Gasteiger charge is 2.33. The molecule has 1 saturated carbocycles. The quantitative estimate of drug-likeness (QED) is 0.913. The van der Waals surface area contributed by atoms with Crippen LogP contribution in [-0.2, 0) is 0 Å². The van der Waals surface area contributed by atoms with Gasteiger partial charge in [-0.25, -0.2) is 9.78 Å². The first-order chi connectivity index (χ1) is 9.06. The van der Waals surface area contributed by atoms with Crippen LogP contribution >= 0.6 is 0 Å². The van der Waals surface area contributed by atoms with Crippen LogP contribution in [0.15, 0.2) is 22.6 Å². The first-order valence-electron chi connectivity index (χ1n) is 6.38. The fourth-order valence-electron chi connectivity index (χ4n) is 2.29. The molecule has 1 heterocycles. The molecule has 2 aromatic rings. The molecule has 1 aromatic carbocycles. The largest absolute Gasteiger partial charge is 0.475 e. The van der Waals surface area contributed by atoms with E-state index in [-0.39, 0.29) is 11.7 Å². The Hall–Kier alpha value is -2.10. The van der Waals surface area contributed by atoms with Crippen LogP contribution in [0.5, 0.6) is 0 Å². The molecule has 0 radical (unpaired) electrons. The highest BCUT2D eigenvalue weighted by Crippen LogP contribution is 2.42. The van der Waals surface area contributed by atoms with E-state index in [1.165, 1.54) is 0 Å². The SMILES string of the molecule is Cc1ccc(-c2nc(C3CC3)c(C(=O)O)o2)c(C)c1. The van der Waals surface area contributed by atoms with Crippen LogP contribution in [0.3, 0.4) is 0 Å². The molecule has 1 fully saturated rings. The zero-order chi connectivity index (χ0) is 13.6.